The van der Waals surface area contributed by atoms with Gasteiger partial charge < -0.3 is 14.8 Å². The Labute approximate surface area is 114 Å². The van der Waals surface area contributed by atoms with Gasteiger partial charge >= 0.3 is 0 Å². The molecule has 1 aromatic heterocycles. The number of anilines is 1. The zero-order chi connectivity index (χ0) is 14.0. The molecule has 1 aliphatic heterocycles. The lowest BCUT2D eigenvalue weighted by atomic mass is 9.88. The third-order valence-electron chi connectivity index (χ3n) is 3.33. The molecule has 1 aromatic rings. The summed E-state index contributed by atoms with van der Waals surface area (Å²) < 4.78 is 11.1. The van der Waals surface area contributed by atoms with Gasteiger partial charge in [0.15, 0.2) is 5.82 Å². The van der Waals surface area contributed by atoms with E-state index in [1.54, 1.807) is 7.11 Å². The van der Waals surface area contributed by atoms with Crippen LogP contribution >= 0.6 is 0 Å². The number of methoxy groups -OCH3 is 1. The summed E-state index contributed by atoms with van der Waals surface area (Å²) in [6.07, 6.45) is 0.716. The van der Waals surface area contributed by atoms with Crippen molar-refractivity contribution < 1.29 is 9.47 Å². The average Bonchev–Trinajstić information content (AvgIpc) is 2.37. The van der Waals surface area contributed by atoms with Crippen LogP contribution in [0.5, 0.6) is 0 Å². The van der Waals surface area contributed by atoms with Crippen molar-refractivity contribution >= 4 is 5.82 Å². The molecule has 0 saturated carbocycles. The molecule has 19 heavy (non-hydrogen) atoms. The van der Waals surface area contributed by atoms with Gasteiger partial charge in [0.05, 0.1) is 18.9 Å². The molecule has 1 unspecified atom stereocenters. The van der Waals surface area contributed by atoms with Crippen LogP contribution in [-0.4, -0.2) is 30.7 Å². The Morgan fingerprint density at radius 2 is 2.05 bits per heavy atom. The number of fused-ring (bicyclic) bond motifs is 1. The molecule has 0 spiro atoms. The fraction of sp³-hybridized carbons (Fsp3) is 0.714. The molecule has 0 bridgehead atoms. The van der Waals surface area contributed by atoms with Crippen molar-refractivity contribution in [3.8, 4) is 0 Å². The molecule has 0 amide bonds. The minimum atomic E-state index is -0.118. The molecule has 0 fully saturated rings. The van der Waals surface area contributed by atoms with Crippen LogP contribution < -0.4 is 5.32 Å². The summed E-state index contributed by atoms with van der Waals surface area (Å²) in [4.78, 5) is 9.32. The summed E-state index contributed by atoms with van der Waals surface area (Å²) in [5, 5.41) is 3.14. The van der Waals surface area contributed by atoms with Gasteiger partial charge in [0.1, 0.15) is 11.9 Å². The molecule has 106 valence electrons. The Bertz CT molecular complexity index is 437. The van der Waals surface area contributed by atoms with Crippen molar-refractivity contribution in [1.29, 1.82) is 0 Å². The molecule has 5 heteroatoms. The van der Waals surface area contributed by atoms with Crippen molar-refractivity contribution in [1.82, 2.24) is 9.97 Å². The molecular formula is C14H23N3O2. The zero-order valence-electron chi connectivity index (χ0n) is 12.4. The van der Waals surface area contributed by atoms with Crippen LogP contribution in [0.4, 0.5) is 5.82 Å². The van der Waals surface area contributed by atoms with E-state index >= 15 is 0 Å². The van der Waals surface area contributed by atoms with Crippen LogP contribution in [0.1, 0.15) is 44.0 Å². The summed E-state index contributed by atoms with van der Waals surface area (Å²) in [6, 6.07) is 0. The number of nitrogens with zero attached hydrogens (tertiary/aromatic N) is 2. The number of nitrogens with one attached hydrogen (secondary N) is 1. The van der Waals surface area contributed by atoms with Crippen molar-refractivity contribution in [2.45, 2.75) is 39.9 Å². The van der Waals surface area contributed by atoms with Gasteiger partial charge in [-0.2, -0.15) is 0 Å². The summed E-state index contributed by atoms with van der Waals surface area (Å²) in [5.74, 6) is 1.60. The van der Waals surface area contributed by atoms with Gasteiger partial charge in [0, 0.05) is 26.1 Å². The van der Waals surface area contributed by atoms with E-state index in [2.05, 4.69) is 31.1 Å². The Morgan fingerprint density at radius 3 is 2.63 bits per heavy atom. The van der Waals surface area contributed by atoms with Gasteiger partial charge in [-0.25, -0.2) is 9.97 Å². The highest BCUT2D eigenvalue weighted by Crippen LogP contribution is 2.35. The second kappa shape index (κ2) is 5.43. The highest BCUT2D eigenvalue weighted by atomic mass is 16.5. The van der Waals surface area contributed by atoms with Gasteiger partial charge in [-0.15, -0.1) is 0 Å². The molecule has 0 radical (unpaired) electrons. The third-order valence-corrected chi connectivity index (χ3v) is 3.33. The lowest BCUT2D eigenvalue weighted by molar-refractivity contribution is 0.00820. The van der Waals surface area contributed by atoms with E-state index in [-0.39, 0.29) is 11.5 Å². The molecule has 0 saturated heterocycles. The standard InChI is InChI=1S/C14H23N3O2/c1-14(2,3)11(18-5)13-16-10-6-7-19-8-9(10)12(15-4)17-13/h11H,6-8H2,1-5H3,(H,15,16,17). The maximum Gasteiger partial charge on any atom is 0.160 e. The Kier molecular flexibility index (Phi) is 4.06. The summed E-state index contributed by atoms with van der Waals surface area (Å²) in [6.45, 7) is 7.70. The van der Waals surface area contributed by atoms with Crippen LogP contribution in [0.15, 0.2) is 0 Å². The highest BCUT2D eigenvalue weighted by molar-refractivity contribution is 5.46. The Morgan fingerprint density at radius 1 is 1.32 bits per heavy atom. The molecular weight excluding hydrogens is 242 g/mol. The first kappa shape index (κ1) is 14.2. The average molecular weight is 265 g/mol. The molecule has 1 atom stereocenters. The Balaban J connectivity index is 2.47. The van der Waals surface area contributed by atoms with Gasteiger partial charge in [-0.3, -0.25) is 0 Å². The van der Waals surface area contributed by atoms with E-state index in [1.165, 1.54) is 0 Å². The van der Waals surface area contributed by atoms with E-state index < -0.39 is 0 Å². The smallest absolute Gasteiger partial charge is 0.160 e. The monoisotopic (exact) mass is 265 g/mol. The number of hydrogen-bond donors (Lipinski definition) is 1. The van der Waals surface area contributed by atoms with E-state index in [0.29, 0.717) is 6.61 Å². The first-order valence-electron chi connectivity index (χ1n) is 6.65. The van der Waals surface area contributed by atoms with E-state index in [4.69, 9.17) is 14.5 Å². The normalized spacial score (nSPS) is 16.9. The number of ether oxygens (including phenoxy) is 2. The number of hydrogen-bond acceptors (Lipinski definition) is 5. The lowest BCUT2D eigenvalue weighted by Gasteiger charge is -2.29. The quantitative estimate of drug-likeness (QED) is 0.909. The minimum absolute atomic E-state index is 0.0425. The third kappa shape index (κ3) is 2.87. The predicted octanol–water partition coefficient (Wildman–Crippen LogP) is 2.32. The van der Waals surface area contributed by atoms with Crippen LogP contribution in [0.2, 0.25) is 0 Å². The Hall–Kier alpha value is -1.20. The fourth-order valence-electron chi connectivity index (χ4n) is 2.42. The van der Waals surface area contributed by atoms with E-state index in [9.17, 15) is 0 Å². The topological polar surface area (TPSA) is 56.3 Å². The lowest BCUT2D eigenvalue weighted by Crippen LogP contribution is -2.25. The molecule has 5 nitrogen and oxygen atoms in total. The SMILES string of the molecule is CNc1nc(C(OC)C(C)(C)C)nc2c1COCC2. The van der Waals surface area contributed by atoms with Gasteiger partial charge in [0.2, 0.25) is 0 Å². The largest absolute Gasteiger partial charge is 0.376 e. The minimum Gasteiger partial charge on any atom is -0.376 e. The zero-order valence-corrected chi connectivity index (χ0v) is 12.4. The second-order valence-corrected chi connectivity index (χ2v) is 5.89. The van der Waals surface area contributed by atoms with Crippen molar-refractivity contribution in [2.75, 3.05) is 26.1 Å². The maximum atomic E-state index is 5.61. The molecule has 1 N–H and O–H groups in total. The number of aromatic nitrogens is 2. The van der Waals surface area contributed by atoms with Gasteiger partial charge in [0.25, 0.3) is 0 Å². The maximum absolute atomic E-state index is 5.61. The molecule has 0 aliphatic carbocycles. The fourth-order valence-corrected chi connectivity index (χ4v) is 2.42. The van der Waals surface area contributed by atoms with Gasteiger partial charge in [-0.05, 0) is 5.41 Å². The molecule has 2 heterocycles. The van der Waals surface area contributed by atoms with E-state index in [1.807, 2.05) is 7.05 Å². The highest BCUT2D eigenvalue weighted by Gasteiger charge is 2.30. The number of rotatable bonds is 3. The summed E-state index contributed by atoms with van der Waals surface area (Å²) in [5.41, 5.74) is 2.10. The van der Waals surface area contributed by atoms with Crippen LogP contribution in [0.25, 0.3) is 0 Å². The summed E-state index contributed by atoms with van der Waals surface area (Å²) >= 11 is 0. The molecule has 1 aliphatic rings. The first-order chi connectivity index (χ1) is 8.97. The first-order valence-corrected chi connectivity index (χ1v) is 6.65. The van der Waals surface area contributed by atoms with Crippen LogP contribution in [0, 0.1) is 5.41 Å². The van der Waals surface area contributed by atoms with E-state index in [0.717, 1.165) is 35.9 Å². The summed E-state index contributed by atoms with van der Waals surface area (Å²) in [7, 11) is 3.58. The van der Waals surface area contributed by atoms with Crippen LogP contribution in [0.3, 0.4) is 0 Å². The van der Waals surface area contributed by atoms with Crippen molar-refractivity contribution in [2.24, 2.45) is 5.41 Å². The van der Waals surface area contributed by atoms with Gasteiger partial charge in [-0.1, -0.05) is 20.8 Å². The van der Waals surface area contributed by atoms with Crippen molar-refractivity contribution in [3.05, 3.63) is 17.1 Å². The predicted molar refractivity (Wildman–Crippen MR) is 74.1 cm³/mol. The molecule has 0 aromatic carbocycles. The van der Waals surface area contributed by atoms with Crippen LogP contribution in [-0.2, 0) is 22.5 Å². The second-order valence-electron chi connectivity index (χ2n) is 5.89. The molecule has 2 rings (SSSR count). The van der Waals surface area contributed by atoms with Crippen molar-refractivity contribution in [3.63, 3.8) is 0 Å².